The molecule has 1 amide bonds. The van der Waals surface area contributed by atoms with E-state index in [1.807, 2.05) is 32.9 Å². The van der Waals surface area contributed by atoms with Crippen LogP contribution < -0.4 is 26.8 Å². The van der Waals surface area contributed by atoms with Gasteiger partial charge in [0.1, 0.15) is 11.6 Å². The Morgan fingerprint density at radius 1 is 1.24 bits per heavy atom. The molecule has 10 nitrogen and oxygen atoms in total. The van der Waals surface area contributed by atoms with Crippen molar-refractivity contribution in [3.05, 3.63) is 44.2 Å². The molecule has 3 N–H and O–H groups in total. The summed E-state index contributed by atoms with van der Waals surface area (Å²) < 4.78 is 1.34. The summed E-state index contributed by atoms with van der Waals surface area (Å²) >= 11 is 5.93. The fourth-order valence-corrected chi connectivity index (χ4v) is 4.14. The van der Waals surface area contributed by atoms with Gasteiger partial charge in [0, 0.05) is 45.5 Å². The van der Waals surface area contributed by atoms with E-state index < -0.39 is 11.2 Å². The third-order valence-corrected chi connectivity index (χ3v) is 6.06. The Morgan fingerprint density at radius 2 is 1.94 bits per heavy atom. The maximum Gasteiger partial charge on any atom is 0.330 e. The number of pyridine rings is 1. The molecule has 34 heavy (non-hydrogen) atoms. The molecule has 1 saturated heterocycles. The zero-order valence-electron chi connectivity index (χ0n) is 20.1. The van der Waals surface area contributed by atoms with Crippen molar-refractivity contribution in [1.29, 1.82) is 0 Å². The van der Waals surface area contributed by atoms with Gasteiger partial charge in [-0.05, 0) is 24.5 Å². The van der Waals surface area contributed by atoms with Crippen molar-refractivity contribution in [2.45, 2.75) is 40.2 Å². The van der Waals surface area contributed by atoms with E-state index in [4.69, 9.17) is 17.3 Å². The number of rotatable bonds is 9. The van der Waals surface area contributed by atoms with Crippen LogP contribution in [0.2, 0.25) is 5.02 Å². The van der Waals surface area contributed by atoms with E-state index in [-0.39, 0.29) is 29.9 Å². The summed E-state index contributed by atoms with van der Waals surface area (Å²) in [5, 5.41) is 0.592. The number of anilines is 3. The Hall–Kier alpha value is -2.85. The van der Waals surface area contributed by atoms with Crippen molar-refractivity contribution in [2.75, 3.05) is 54.8 Å². The van der Waals surface area contributed by atoms with Gasteiger partial charge in [-0.1, -0.05) is 38.8 Å². The fraction of sp³-hybridized carbons (Fsp3) is 0.565. The molecule has 0 bridgehead atoms. The van der Waals surface area contributed by atoms with Gasteiger partial charge >= 0.3 is 5.69 Å². The number of carbonyl (C=O) groups is 1. The second-order valence-corrected chi connectivity index (χ2v) is 9.43. The van der Waals surface area contributed by atoms with E-state index >= 15 is 0 Å². The average molecular weight is 492 g/mol. The van der Waals surface area contributed by atoms with E-state index in [2.05, 4.69) is 19.8 Å². The zero-order chi connectivity index (χ0) is 24.8. The van der Waals surface area contributed by atoms with Crippen molar-refractivity contribution >= 4 is 34.8 Å². The van der Waals surface area contributed by atoms with E-state index in [0.29, 0.717) is 37.6 Å². The van der Waals surface area contributed by atoms with Crippen molar-refractivity contribution in [3.63, 3.8) is 0 Å². The maximum atomic E-state index is 13.4. The molecule has 0 saturated carbocycles. The molecule has 186 valence electrons. The van der Waals surface area contributed by atoms with E-state index in [1.165, 1.54) is 9.47 Å². The lowest BCUT2D eigenvalue weighted by Crippen LogP contribution is -2.51. The lowest BCUT2D eigenvalue weighted by molar-refractivity contribution is -0.119. The van der Waals surface area contributed by atoms with Crippen molar-refractivity contribution in [1.82, 2.24) is 19.4 Å². The molecule has 0 spiro atoms. The summed E-state index contributed by atoms with van der Waals surface area (Å²) in [5.74, 6) is 0.820. The Kier molecular flexibility index (Phi) is 8.73. The molecule has 0 atom stereocenters. The highest BCUT2D eigenvalue weighted by molar-refractivity contribution is 6.30. The van der Waals surface area contributed by atoms with Crippen LogP contribution in [-0.4, -0.2) is 64.6 Å². The first-order valence-electron chi connectivity index (χ1n) is 11.7. The molecule has 0 aromatic carbocycles. The van der Waals surface area contributed by atoms with Gasteiger partial charge in [-0.3, -0.25) is 24.0 Å². The van der Waals surface area contributed by atoms with Crippen molar-refractivity contribution in [2.24, 2.45) is 5.92 Å². The summed E-state index contributed by atoms with van der Waals surface area (Å²) in [6.07, 6.45) is 3.18. The minimum atomic E-state index is -0.634. The van der Waals surface area contributed by atoms with E-state index in [1.54, 1.807) is 6.20 Å². The van der Waals surface area contributed by atoms with Crippen LogP contribution in [0, 0.1) is 5.92 Å². The summed E-state index contributed by atoms with van der Waals surface area (Å²) in [6, 6.07) is 3.70. The number of nitrogens with two attached hydrogens (primary N) is 1. The van der Waals surface area contributed by atoms with E-state index in [9.17, 15) is 14.4 Å². The molecule has 2 aromatic rings. The number of carbonyl (C=O) groups excluding carboxylic acids is 1. The van der Waals surface area contributed by atoms with Gasteiger partial charge in [-0.15, -0.1) is 0 Å². The minimum Gasteiger partial charge on any atom is -0.383 e. The number of halogens is 1. The van der Waals surface area contributed by atoms with Crippen LogP contribution in [0.1, 0.15) is 33.6 Å². The fourth-order valence-electron chi connectivity index (χ4n) is 4.03. The molecular formula is C23H34ClN7O3. The Labute approximate surface area is 204 Å². The van der Waals surface area contributed by atoms with Gasteiger partial charge in [-0.2, -0.15) is 0 Å². The highest BCUT2D eigenvalue weighted by atomic mass is 35.5. The van der Waals surface area contributed by atoms with Gasteiger partial charge < -0.3 is 15.5 Å². The Bertz CT molecular complexity index is 1090. The van der Waals surface area contributed by atoms with Crippen molar-refractivity contribution in [3.8, 4) is 0 Å². The topological polar surface area (TPSA) is 121 Å². The van der Waals surface area contributed by atoms with Crippen LogP contribution in [0.5, 0.6) is 0 Å². The highest BCUT2D eigenvalue weighted by Crippen LogP contribution is 2.20. The predicted molar refractivity (Wildman–Crippen MR) is 136 cm³/mol. The second kappa shape index (κ2) is 11.5. The third-order valence-electron chi connectivity index (χ3n) is 5.84. The number of aromatic amines is 1. The number of H-pyrrole nitrogens is 1. The number of hydrogen-bond acceptors (Lipinski definition) is 7. The number of amides is 1. The number of nitrogen functional groups attached to an aromatic ring is 1. The zero-order valence-corrected chi connectivity index (χ0v) is 20.8. The first-order valence-corrected chi connectivity index (χ1v) is 12.1. The molecule has 3 heterocycles. The molecule has 1 aliphatic rings. The summed E-state index contributed by atoms with van der Waals surface area (Å²) in [7, 11) is 0. The monoisotopic (exact) mass is 491 g/mol. The molecule has 0 radical (unpaired) electrons. The van der Waals surface area contributed by atoms with Gasteiger partial charge in [0.05, 0.1) is 11.6 Å². The van der Waals surface area contributed by atoms with Crippen LogP contribution in [0.3, 0.4) is 0 Å². The van der Waals surface area contributed by atoms with Crippen molar-refractivity contribution < 1.29 is 4.79 Å². The summed E-state index contributed by atoms with van der Waals surface area (Å²) in [6.45, 7) is 9.59. The van der Waals surface area contributed by atoms with Crippen LogP contribution in [0.4, 0.5) is 17.3 Å². The van der Waals surface area contributed by atoms with Crippen LogP contribution in [0.15, 0.2) is 27.9 Å². The summed E-state index contributed by atoms with van der Waals surface area (Å²) in [5.41, 5.74) is 5.15. The van der Waals surface area contributed by atoms with Crippen LogP contribution >= 0.6 is 11.6 Å². The van der Waals surface area contributed by atoms with Gasteiger partial charge in [0.15, 0.2) is 5.69 Å². The normalized spacial score (nSPS) is 14.6. The number of hydrogen-bond donors (Lipinski definition) is 2. The molecule has 0 unspecified atom stereocenters. The maximum absolute atomic E-state index is 13.4. The molecule has 1 aliphatic heterocycles. The van der Waals surface area contributed by atoms with Gasteiger partial charge in [0.25, 0.3) is 5.56 Å². The number of piperazine rings is 1. The molecule has 1 fully saturated rings. The predicted octanol–water partition coefficient (Wildman–Crippen LogP) is 1.78. The first kappa shape index (κ1) is 25.8. The molecular weight excluding hydrogens is 458 g/mol. The summed E-state index contributed by atoms with van der Waals surface area (Å²) in [4.78, 5) is 50.8. The van der Waals surface area contributed by atoms with Crippen LogP contribution in [-0.2, 0) is 11.3 Å². The number of nitrogens with one attached hydrogen (secondary N) is 1. The minimum absolute atomic E-state index is 0.0329. The molecule has 2 aromatic heterocycles. The lowest BCUT2D eigenvalue weighted by atomic mass is 10.2. The highest BCUT2D eigenvalue weighted by Gasteiger charge is 2.27. The third kappa shape index (κ3) is 6.18. The molecule has 3 rings (SSSR count). The Balaban J connectivity index is 1.76. The molecule has 0 aliphatic carbocycles. The number of unbranched alkanes of at least 4 members (excludes halogenated alkanes) is 1. The number of nitrogens with zero attached hydrogens (tertiary/aromatic N) is 5. The largest absolute Gasteiger partial charge is 0.383 e. The Morgan fingerprint density at radius 3 is 2.53 bits per heavy atom. The van der Waals surface area contributed by atoms with Gasteiger partial charge in [0.2, 0.25) is 5.91 Å². The smallest absolute Gasteiger partial charge is 0.330 e. The quantitative estimate of drug-likeness (QED) is 0.548. The average Bonchev–Trinajstić information content (AvgIpc) is 2.79. The van der Waals surface area contributed by atoms with Crippen LogP contribution in [0.25, 0.3) is 0 Å². The van der Waals surface area contributed by atoms with E-state index in [0.717, 1.165) is 25.3 Å². The lowest BCUT2D eigenvalue weighted by Gasteiger charge is -2.36. The second-order valence-electron chi connectivity index (χ2n) is 8.99. The molecule has 11 heteroatoms. The first-order chi connectivity index (χ1) is 16.2. The SMILES string of the molecule is CCCCN(C(=O)CN1CCN(c2ccc(Cl)cn2)CC1)c1c(N)n(CC(C)C)c(=O)[nH]c1=O. The number of aromatic nitrogens is 3. The standard InChI is InChI=1S/C23H34ClN7O3/c1-4-5-8-30(20-21(25)31(14-16(2)3)23(34)27-22(20)33)19(32)15-28-9-11-29(12-10-28)18-7-6-17(24)13-26-18/h6-7,13,16H,4-5,8-12,14-15,25H2,1-3H3,(H,27,33,34). The van der Waals surface area contributed by atoms with Gasteiger partial charge in [-0.25, -0.2) is 9.78 Å².